The van der Waals surface area contributed by atoms with Gasteiger partial charge in [0.25, 0.3) is 0 Å². The quantitative estimate of drug-likeness (QED) is 0.167. The second kappa shape index (κ2) is 11.6. The zero-order valence-electron chi connectivity index (χ0n) is 16.4. The highest BCUT2D eigenvalue weighted by Gasteiger charge is 2.12. The van der Waals surface area contributed by atoms with Crippen LogP contribution in [-0.2, 0) is 13.2 Å². The number of rotatable bonds is 9. The van der Waals surface area contributed by atoms with Crippen LogP contribution in [0.15, 0.2) is 70.2 Å². The molecule has 3 rings (SSSR count). The number of nitrogens with one attached hydrogen (secondary N) is 1. The van der Waals surface area contributed by atoms with Crippen LogP contribution in [0.1, 0.15) is 23.6 Å². The van der Waals surface area contributed by atoms with Crippen molar-refractivity contribution in [3.8, 4) is 11.5 Å². The topological polar surface area (TPSA) is 42.8 Å². The van der Waals surface area contributed by atoms with Crippen LogP contribution in [0.25, 0.3) is 0 Å². The molecular formula is C23H21BrClIN2O2. The number of ether oxygens (including phenoxy) is 2. The number of halogens is 3. The summed E-state index contributed by atoms with van der Waals surface area (Å²) in [7, 11) is 0. The summed E-state index contributed by atoms with van der Waals surface area (Å²) < 4.78 is 13.9. The molecule has 0 radical (unpaired) electrons. The molecule has 0 atom stereocenters. The van der Waals surface area contributed by atoms with E-state index >= 15 is 0 Å². The fraction of sp³-hybridized carbons (Fsp3) is 0.174. The van der Waals surface area contributed by atoms with E-state index < -0.39 is 0 Å². The molecule has 0 saturated heterocycles. The molecule has 7 heteroatoms. The molecule has 0 bridgehead atoms. The van der Waals surface area contributed by atoms with E-state index in [0.717, 1.165) is 26.2 Å². The molecule has 3 aromatic carbocycles. The lowest BCUT2D eigenvalue weighted by molar-refractivity contribution is 0.267. The maximum absolute atomic E-state index is 6.17. The molecule has 0 aliphatic heterocycles. The molecule has 0 heterocycles. The van der Waals surface area contributed by atoms with Crippen LogP contribution >= 0.6 is 50.1 Å². The number of hydrogen-bond donors (Lipinski definition) is 1. The lowest BCUT2D eigenvalue weighted by Gasteiger charge is -2.15. The van der Waals surface area contributed by atoms with Gasteiger partial charge >= 0.3 is 0 Å². The van der Waals surface area contributed by atoms with E-state index in [0.29, 0.717) is 31.3 Å². The largest absolute Gasteiger partial charge is 0.490 e. The van der Waals surface area contributed by atoms with E-state index in [4.69, 9.17) is 21.1 Å². The normalized spacial score (nSPS) is 10.9. The molecule has 30 heavy (non-hydrogen) atoms. The molecule has 0 spiro atoms. The third-order valence-electron chi connectivity index (χ3n) is 4.16. The molecule has 1 N–H and O–H groups in total. The van der Waals surface area contributed by atoms with E-state index in [1.807, 2.05) is 43.3 Å². The smallest absolute Gasteiger partial charge is 0.175 e. The molecule has 4 nitrogen and oxygen atoms in total. The first-order valence-corrected chi connectivity index (χ1v) is 11.6. The van der Waals surface area contributed by atoms with Gasteiger partial charge in [-0.15, -0.1) is 0 Å². The minimum Gasteiger partial charge on any atom is -0.490 e. The molecule has 0 amide bonds. The van der Waals surface area contributed by atoms with Gasteiger partial charge in [0.1, 0.15) is 6.61 Å². The molecular weight excluding hydrogens is 579 g/mol. The summed E-state index contributed by atoms with van der Waals surface area (Å²) >= 11 is 12.1. The Hall–Kier alpha value is -1.77. The van der Waals surface area contributed by atoms with Gasteiger partial charge in [-0.3, -0.25) is 0 Å². The highest BCUT2D eigenvalue weighted by molar-refractivity contribution is 14.1. The van der Waals surface area contributed by atoms with Crippen molar-refractivity contribution >= 4 is 56.3 Å². The minimum absolute atomic E-state index is 0.461. The zero-order valence-corrected chi connectivity index (χ0v) is 20.9. The molecule has 0 aromatic heterocycles. The average molecular weight is 600 g/mol. The van der Waals surface area contributed by atoms with Gasteiger partial charge in [-0.25, -0.2) is 0 Å². The molecule has 0 saturated carbocycles. The first-order valence-electron chi connectivity index (χ1n) is 9.39. The van der Waals surface area contributed by atoms with Crippen LogP contribution in [0, 0.1) is 3.57 Å². The highest BCUT2D eigenvalue weighted by atomic mass is 127. The molecule has 3 aromatic rings. The van der Waals surface area contributed by atoms with Crippen molar-refractivity contribution < 1.29 is 9.47 Å². The van der Waals surface area contributed by atoms with Crippen LogP contribution < -0.4 is 14.9 Å². The summed E-state index contributed by atoms with van der Waals surface area (Å²) in [5.41, 5.74) is 6.00. The van der Waals surface area contributed by atoms with Gasteiger partial charge in [-0.1, -0.05) is 41.9 Å². The van der Waals surface area contributed by atoms with Crippen molar-refractivity contribution in [2.75, 3.05) is 6.61 Å². The van der Waals surface area contributed by atoms with E-state index in [1.54, 1.807) is 6.21 Å². The van der Waals surface area contributed by atoms with Gasteiger partial charge in [0.15, 0.2) is 11.5 Å². The SMILES string of the molecule is CCOc1cc(/C=N\NCc2ccccc2Cl)cc(Br)c1OCc1ccc(I)cc1. The Morgan fingerprint density at radius 3 is 2.60 bits per heavy atom. The second-order valence-corrected chi connectivity index (χ2v) is 8.87. The summed E-state index contributed by atoms with van der Waals surface area (Å²) in [4.78, 5) is 0. The van der Waals surface area contributed by atoms with Gasteiger partial charge < -0.3 is 14.9 Å². The highest BCUT2D eigenvalue weighted by Crippen LogP contribution is 2.37. The summed E-state index contributed by atoms with van der Waals surface area (Å²) in [6.45, 7) is 3.50. The first kappa shape index (κ1) is 22.9. The van der Waals surface area contributed by atoms with Crippen LogP contribution in [0.2, 0.25) is 5.02 Å². The van der Waals surface area contributed by atoms with Crippen LogP contribution in [0.3, 0.4) is 0 Å². The Morgan fingerprint density at radius 2 is 1.87 bits per heavy atom. The van der Waals surface area contributed by atoms with Crippen molar-refractivity contribution in [1.29, 1.82) is 0 Å². The van der Waals surface area contributed by atoms with Gasteiger partial charge in [-0.2, -0.15) is 5.10 Å². The lowest BCUT2D eigenvalue weighted by Crippen LogP contribution is -2.06. The van der Waals surface area contributed by atoms with Crippen LogP contribution in [0.5, 0.6) is 11.5 Å². The third kappa shape index (κ3) is 6.62. The first-order chi connectivity index (χ1) is 14.6. The summed E-state index contributed by atoms with van der Waals surface area (Å²) in [6.07, 6.45) is 1.74. The molecule has 0 aliphatic rings. The second-order valence-electron chi connectivity index (χ2n) is 6.36. The van der Waals surface area contributed by atoms with Crippen LogP contribution in [0.4, 0.5) is 0 Å². The Morgan fingerprint density at radius 1 is 1.10 bits per heavy atom. The zero-order chi connectivity index (χ0) is 21.3. The number of benzene rings is 3. The lowest BCUT2D eigenvalue weighted by atomic mass is 10.2. The third-order valence-corrected chi connectivity index (χ3v) is 5.84. The predicted octanol–water partition coefficient (Wildman–Crippen LogP) is 6.81. The number of hydrazone groups is 1. The monoisotopic (exact) mass is 598 g/mol. The Balaban J connectivity index is 1.68. The van der Waals surface area contributed by atoms with Crippen molar-refractivity contribution in [3.05, 3.63) is 90.4 Å². The molecule has 0 aliphatic carbocycles. The Kier molecular flexibility index (Phi) is 8.84. The number of hydrogen-bond acceptors (Lipinski definition) is 4. The minimum atomic E-state index is 0.461. The fourth-order valence-electron chi connectivity index (χ4n) is 2.69. The Labute approximate surface area is 203 Å². The Bertz CT molecular complexity index is 1010. The van der Waals surface area contributed by atoms with E-state index in [-0.39, 0.29) is 0 Å². The maximum Gasteiger partial charge on any atom is 0.175 e. The van der Waals surface area contributed by atoms with Gasteiger partial charge in [0.2, 0.25) is 0 Å². The average Bonchev–Trinajstić information content (AvgIpc) is 2.73. The molecule has 156 valence electrons. The van der Waals surface area contributed by atoms with Crippen LogP contribution in [-0.4, -0.2) is 12.8 Å². The van der Waals surface area contributed by atoms with Crippen molar-refractivity contribution in [1.82, 2.24) is 5.43 Å². The maximum atomic E-state index is 6.17. The van der Waals surface area contributed by atoms with Gasteiger partial charge in [-0.05, 0) is 92.5 Å². The standard InChI is InChI=1S/C23H21BrClIN2O2/c1-2-29-22-12-17(13-27-28-14-18-5-3-4-6-21(18)25)11-20(24)23(22)30-15-16-7-9-19(26)10-8-16/h3-13,28H,2,14-15H2,1H3/b27-13-. The summed E-state index contributed by atoms with van der Waals surface area (Å²) in [6, 6.07) is 19.8. The van der Waals surface area contributed by atoms with Gasteiger partial charge in [0, 0.05) is 8.59 Å². The molecule has 0 fully saturated rings. The molecule has 0 unspecified atom stereocenters. The summed E-state index contributed by atoms with van der Waals surface area (Å²) in [5.74, 6) is 1.35. The van der Waals surface area contributed by atoms with Crippen molar-refractivity contribution in [2.45, 2.75) is 20.1 Å². The predicted molar refractivity (Wildman–Crippen MR) is 135 cm³/mol. The fourth-order valence-corrected chi connectivity index (χ4v) is 3.83. The van der Waals surface area contributed by atoms with E-state index in [2.05, 4.69) is 73.3 Å². The van der Waals surface area contributed by atoms with Gasteiger partial charge in [0.05, 0.1) is 23.8 Å². The van der Waals surface area contributed by atoms with E-state index in [1.165, 1.54) is 3.57 Å². The van der Waals surface area contributed by atoms with Crippen molar-refractivity contribution in [3.63, 3.8) is 0 Å². The summed E-state index contributed by atoms with van der Waals surface area (Å²) in [5, 5.41) is 5.02. The van der Waals surface area contributed by atoms with E-state index in [9.17, 15) is 0 Å². The number of nitrogens with zero attached hydrogens (tertiary/aromatic N) is 1. The van der Waals surface area contributed by atoms with Crippen molar-refractivity contribution in [2.24, 2.45) is 5.10 Å².